The SMILES string of the molecule is Cc1nn(-c2cc(F)c3ncccc3c2)c2nc(N[C@@H]3CC[C@@](CCC#N)(C(N)=O)C3)ncc12. The summed E-state index contributed by atoms with van der Waals surface area (Å²) in [5.41, 5.74) is 7.10. The van der Waals surface area contributed by atoms with E-state index in [0.29, 0.717) is 47.4 Å². The summed E-state index contributed by atoms with van der Waals surface area (Å²) in [4.78, 5) is 25.3. The minimum absolute atomic E-state index is 0.0506. The quantitative estimate of drug-likeness (QED) is 0.451. The van der Waals surface area contributed by atoms with E-state index in [4.69, 9.17) is 11.0 Å². The van der Waals surface area contributed by atoms with Crippen molar-refractivity contribution in [3.63, 3.8) is 0 Å². The summed E-state index contributed by atoms with van der Waals surface area (Å²) in [6, 6.07) is 8.82. The maximum atomic E-state index is 14.7. The Kier molecular flexibility index (Phi) is 5.32. The zero-order chi connectivity index (χ0) is 23.9. The Morgan fingerprint density at radius 1 is 1.41 bits per heavy atom. The van der Waals surface area contributed by atoms with Gasteiger partial charge in [-0.15, -0.1) is 0 Å². The van der Waals surface area contributed by atoms with E-state index in [1.54, 1.807) is 29.2 Å². The first-order chi connectivity index (χ1) is 16.4. The number of fused-ring (bicyclic) bond motifs is 2. The van der Waals surface area contributed by atoms with Crippen LogP contribution in [-0.4, -0.2) is 36.7 Å². The molecule has 0 spiro atoms. The number of pyridine rings is 1. The second-order valence-corrected chi connectivity index (χ2v) is 8.82. The minimum atomic E-state index is -0.688. The Morgan fingerprint density at radius 3 is 3.06 bits per heavy atom. The number of nitriles is 1. The predicted octanol–water partition coefficient (Wildman–Crippen LogP) is 3.55. The van der Waals surface area contributed by atoms with Gasteiger partial charge in [0.2, 0.25) is 11.9 Å². The highest BCUT2D eigenvalue weighted by Crippen LogP contribution is 2.42. The highest BCUT2D eigenvalue weighted by atomic mass is 19.1. The molecule has 172 valence electrons. The molecule has 0 unspecified atom stereocenters. The number of aromatic nitrogens is 5. The average Bonchev–Trinajstić information content (AvgIpc) is 3.39. The van der Waals surface area contributed by atoms with E-state index in [0.717, 1.165) is 17.5 Å². The number of benzene rings is 1. The number of amides is 1. The molecule has 34 heavy (non-hydrogen) atoms. The summed E-state index contributed by atoms with van der Waals surface area (Å²) >= 11 is 0. The molecular weight excluding hydrogens is 435 g/mol. The van der Waals surface area contributed by atoms with Gasteiger partial charge in [-0.3, -0.25) is 9.78 Å². The largest absolute Gasteiger partial charge is 0.369 e. The number of hydrogen-bond donors (Lipinski definition) is 2. The Bertz CT molecular complexity index is 1460. The molecule has 1 amide bonds. The minimum Gasteiger partial charge on any atom is -0.369 e. The molecule has 1 aliphatic rings. The van der Waals surface area contributed by atoms with E-state index >= 15 is 0 Å². The van der Waals surface area contributed by atoms with Gasteiger partial charge in [0.25, 0.3) is 0 Å². The normalized spacial score (nSPS) is 20.0. The molecule has 10 heteroatoms. The highest BCUT2D eigenvalue weighted by molar-refractivity contribution is 5.84. The third-order valence-electron chi connectivity index (χ3n) is 6.68. The number of nitrogens with one attached hydrogen (secondary N) is 1. The third-order valence-corrected chi connectivity index (χ3v) is 6.68. The summed E-state index contributed by atoms with van der Waals surface area (Å²) in [6.07, 6.45) is 5.84. The zero-order valence-electron chi connectivity index (χ0n) is 18.6. The molecule has 1 aromatic carbocycles. The van der Waals surface area contributed by atoms with Crippen molar-refractivity contribution in [2.24, 2.45) is 11.1 Å². The first kappa shape index (κ1) is 21.7. The lowest BCUT2D eigenvalue weighted by Crippen LogP contribution is -2.36. The molecule has 0 radical (unpaired) electrons. The number of anilines is 1. The monoisotopic (exact) mass is 458 g/mol. The van der Waals surface area contributed by atoms with Crippen LogP contribution in [0.15, 0.2) is 36.7 Å². The Morgan fingerprint density at radius 2 is 2.26 bits per heavy atom. The third kappa shape index (κ3) is 3.69. The second-order valence-electron chi connectivity index (χ2n) is 8.82. The molecule has 0 saturated heterocycles. The molecule has 0 bridgehead atoms. The van der Waals surface area contributed by atoms with Crippen molar-refractivity contribution < 1.29 is 9.18 Å². The summed E-state index contributed by atoms with van der Waals surface area (Å²) in [5, 5.41) is 18.2. The molecule has 3 heterocycles. The number of aryl methyl sites for hydroxylation is 1. The fourth-order valence-electron chi connectivity index (χ4n) is 4.85. The lowest BCUT2D eigenvalue weighted by molar-refractivity contribution is -0.127. The van der Waals surface area contributed by atoms with Gasteiger partial charge in [-0.2, -0.15) is 15.3 Å². The molecule has 4 aromatic rings. The number of nitrogens with zero attached hydrogens (tertiary/aromatic N) is 6. The number of hydrogen-bond acceptors (Lipinski definition) is 7. The van der Waals surface area contributed by atoms with Crippen molar-refractivity contribution >= 4 is 33.8 Å². The van der Waals surface area contributed by atoms with E-state index in [-0.39, 0.29) is 18.4 Å². The molecule has 1 fully saturated rings. The van der Waals surface area contributed by atoms with E-state index in [1.807, 2.05) is 13.0 Å². The molecule has 2 atom stereocenters. The van der Waals surface area contributed by atoms with Gasteiger partial charge >= 0.3 is 0 Å². The molecule has 5 rings (SSSR count). The summed E-state index contributed by atoms with van der Waals surface area (Å²) in [5.74, 6) is -0.417. The van der Waals surface area contributed by atoms with Crippen LogP contribution in [0.5, 0.6) is 0 Å². The first-order valence-electron chi connectivity index (χ1n) is 11.1. The number of carbonyl (C=O) groups is 1. The zero-order valence-corrected chi connectivity index (χ0v) is 18.6. The van der Waals surface area contributed by atoms with Crippen molar-refractivity contribution in [3.05, 3.63) is 48.2 Å². The van der Waals surface area contributed by atoms with Crippen LogP contribution < -0.4 is 11.1 Å². The smallest absolute Gasteiger partial charge is 0.224 e. The summed E-state index contributed by atoms with van der Waals surface area (Å²) in [7, 11) is 0. The van der Waals surface area contributed by atoms with Gasteiger partial charge in [0.1, 0.15) is 5.52 Å². The predicted molar refractivity (Wildman–Crippen MR) is 124 cm³/mol. The standard InChI is InChI=1S/C24H23FN8O/c1-14-18-13-29-23(30-16-5-7-24(12-16,22(27)34)6-3-8-26)31-21(18)33(32-14)17-10-15-4-2-9-28-20(15)19(25)11-17/h2,4,9-11,13,16H,3,5-7,12H2,1H3,(H2,27,34)(H,29,30,31)/t16-,24-/m1/s1. The van der Waals surface area contributed by atoms with Gasteiger partial charge in [-0.1, -0.05) is 6.07 Å². The summed E-state index contributed by atoms with van der Waals surface area (Å²) in [6.45, 7) is 1.85. The van der Waals surface area contributed by atoms with Gasteiger partial charge in [-0.05, 0) is 44.7 Å². The van der Waals surface area contributed by atoms with Crippen LogP contribution in [-0.2, 0) is 4.79 Å². The van der Waals surface area contributed by atoms with Crippen molar-refractivity contribution in [2.75, 3.05) is 5.32 Å². The van der Waals surface area contributed by atoms with E-state index in [2.05, 4.69) is 31.4 Å². The highest BCUT2D eigenvalue weighted by Gasteiger charge is 2.43. The van der Waals surface area contributed by atoms with Crippen molar-refractivity contribution in [1.82, 2.24) is 24.7 Å². The van der Waals surface area contributed by atoms with Crippen LogP contribution in [0.3, 0.4) is 0 Å². The van der Waals surface area contributed by atoms with Crippen LogP contribution in [0.25, 0.3) is 27.6 Å². The molecule has 0 aliphatic heterocycles. The number of carbonyl (C=O) groups excluding carboxylic acids is 1. The van der Waals surface area contributed by atoms with Gasteiger partial charge in [0.15, 0.2) is 11.5 Å². The second kappa shape index (κ2) is 8.33. The maximum absolute atomic E-state index is 14.7. The number of primary amides is 1. The maximum Gasteiger partial charge on any atom is 0.224 e. The lowest BCUT2D eigenvalue weighted by atomic mass is 9.81. The van der Waals surface area contributed by atoms with Crippen LogP contribution in [0.4, 0.5) is 10.3 Å². The average molecular weight is 459 g/mol. The van der Waals surface area contributed by atoms with Gasteiger partial charge < -0.3 is 11.1 Å². The molecule has 1 saturated carbocycles. The fourth-order valence-corrected chi connectivity index (χ4v) is 4.85. The van der Waals surface area contributed by atoms with E-state index in [9.17, 15) is 9.18 Å². The lowest BCUT2D eigenvalue weighted by Gasteiger charge is -2.24. The van der Waals surface area contributed by atoms with Crippen molar-refractivity contribution in [1.29, 1.82) is 5.26 Å². The van der Waals surface area contributed by atoms with Gasteiger partial charge in [-0.25, -0.2) is 14.1 Å². The molecule has 1 aliphatic carbocycles. The summed E-state index contributed by atoms with van der Waals surface area (Å²) < 4.78 is 16.3. The number of rotatable bonds is 6. The van der Waals surface area contributed by atoms with Crippen molar-refractivity contribution in [2.45, 2.75) is 45.1 Å². The van der Waals surface area contributed by atoms with E-state index < -0.39 is 11.2 Å². The number of halogens is 1. The number of nitrogens with two attached hydrogens (primary N) is 1. The van der Waals surface area contributed by atoms with Crippen molar-refractivity contribution in [3.8, 4) is 11.8 Å². The van der Waals surface area contributed by atoms with Crippen LogP contribution in [0, 0.1) is 29.5 Å². The topological polar surface area (TPSA) is 135 Å². The van der Waals surface area contributed by atoms with Crippen LogP contribution in [0.1, 0.15) is 37.8 Å². The van der Waals surface area contributed by atoms with Gasteiger partial charge in [0, 0.05) is 36.3 Å². The Hall–Kier alpha value is -4.13. The molecule has 9 nitrogen and oxygen atoms in total. The Balaban J connectivity index is 1.47. The fraction of sp³-hybridized carbons (Fsp3) is 0.333. The first-order valence-corrected chi connectivity index (χ1v) is 11.1. The van der Waals surface area contributed by atoms with E-state index in [1.165, 1.54) is 6.07 Å². The Labute approximate surface area is 194 Å². The van der Waals surface area contributed by atoms with Gasteiger partial charge in [0.05, 0.1) is 28.3 Å². The molecule has 3 N–H and O–H groups in total. The molecule has 3 aromatic heterocycles. The van der Waals surface area contributed by atoms with Crippen LogP contribution >= 0.6 is 0 Å². The molecular formula is C24H23FN8O. The van der Waals surface area contributed by atoms with Crippen LogP contribution in [0.2, 0.25) is 0 Å².